The molecule has 0 aliphatic carbocycles. The second-order valence-electron chi connectivity index (χ2n) is 4.93. The van der Waals surface area contributed by atoms with Gasteiger partial charge in [-0.3, -0.25) is 4.98 Å². The summed E-state index contributed by atoms with van der Waals surface area (Å²) in [5.41, 5.74) is 4.56. The summed E-state index contributed by atoms with van der Waals surface area (Å²) in [6, 6.07) is 4.17. The summed E-state index contributed by atoms with van der Waals surface area (Å²) in [6.45, 7) is 4.53. The Kier molecular flexibility index (Phi) is 4.29. The molecule has 1 aliphatic heterocycles. The monoisotopic (exact) mass is 398 g/mol. The summed E-state index contributed by atoms with van der Waals surface area (Å²) in [7, 11) is 0. The average Bonchev–Trinajstić information content (AvgIpc) is 2.44. The highest BCUT2D eigenvalue weighted by atomic mass is 79.9. The van der Waals surface area contributed by atoms with E-state index in [0.717, 1.165) is 51.5 Å². The van der Waals surface area contributed by atoms with E-state index in [1.807, 2.05) is 6.07 Å². The molecule has 20 heavy (non-hydrogen) atoms. The second kappa shape index (κ2) is 6.00. The van der Waals surface area contributed by atoms with Crippen LogP contribution in [0.4, 0.5) is 5.69 Å². The van der Waals surface area contributed by atoms with E-state index in [9.17, 15) is 0 Å². The molecule has 0 unspecified atom stereocenters. The number of nitrogens with one attached hydrogen (secondary N) is 1. The molecule has 1 aromatic carbocycles. The summed E-state index contributed by atoms with van der Waals surface area (Å²) >= 11 is 7.19. The summed E-state index contributed by atoms with van der Waals surface area (Å²) < 4.78 is 7.70. The molecular formula is C15H16Br2N2O. The Morgan fingerprint density at radius 3 is 3.00 bits per heavy atom. The average molecular weight is 400 g/mol. The smallest absolute Gasteiger partial charge is 0.0869 e. The van der Waals surface area contributed by atoms with Crippen molar-refractivity contribution < 1.29 is 4.74 Å². The lowest BCUT2D eigenvalue weighted by Gasteiger charge is -2.22. The van der Waals surface area contributed by atoms with Gasteiger partial charge in [0.2, 0.25) is 0 Å². The molecule has 5 heteroatoms. The second-order valence-corrected chi connectivity index (χ2v) is 6.70. The summed E-state index contributed by atoms with van der Waals surface area (Å²) in [6.07, 6.45) is 1.98. The minimum absolute atomic E-state index is 0.647. The van der Waals surface area contributed by atoms with Crippen molar-refractivity contribution in [3.8, 4) is 0 Å². The zero-order valence-corrected chi connectivity index (χ0v) is 14.5. The Hall–Kier alpha value is -0.650. The number of hydrogen-bond acceptors (Lipinski definition) is 3. The zero-order chi connectivity index (χ0) is 14.1. The van der Waals surface area contributed by atoms with Gasteiger partial charge in [-0.15, -0.1) is 0 Å². The summed E-state index contributed by atoms with van der Waals surface area (Å²) in [4.78, 5) is 4.84. The van der Waals surface area contributed by atoms with Crippen LogP contribution in [0.5, 0.6) is 0 Å². The predicted molar refractivity (Wildman–Crippen MR) is 89.3 cm³/mol. The molecule has 0 spiro atoms. The fourth-order valence-electron chi connectivity index (χ4n) is 2.54. The number of fused-ring (bicyclic) bond motifs is 2. The minimum atomic E-state index is 0.647. The van der Waals surface area contributed by atoms with Crippen molar-refractivity contribution >= 4 is 48.5 Å². The molecule has 0 amide bonds. The van der Waals surface area contributed by atoms with E-state index in [2.05, 4.69) is 50.2 Å². The maximum atomic E-state index is 5.62. The van der Waals surface area contributed by atoms with Gasteiger partial charge in [-0.05, 0) is 34.5 Å². The molecule has 0 bridgehead atoms. The first-order chi connectivity index (χ1) is 9.70. The van der Waals surface area contributed by atoms with Gasteiger partial charge in [0.15, 0.2) is 0 Å². The van der Waals surface area contributed by atoms with E-state index in [4.69, 9.17) is 9.72 Å². The van der Waals surface area contributed by atoms with Crippen LogP contribution in [0.2, 0.25) is 0 Å². The highest BCUT2D eigenvalue weighted by Gasteiger charge is 2.19. The molecular weight excluding hydrogens is 384 g/mol. The molecule has 3 nitrogen and oxygen atoms in total. The van der Waals surface area contributed by atoms with Crippen molar-refractivity contribution in [1.29, 1.82) is 0 Å². The van der Waals surface area contributed by atoms with Gasteiger partial charge in [0.05, 0.1) is 30.1 Å². The van der Waals surface area contributed by atoms with Crippen molar-refractivity contribution in [2.75, 3.05) is 18.5 Å². The van der Waals surface area contributed by atoms with Crippen LogP contribution in [0.25, 0.3) is 10.9 Å². The van der Waals surface area contributed by atoms with Crippen molar-refractivity contribution in [3.05, 3.63) is 32.3 Å². The largest absolute Gasteiger partial charge is 0.384 e. The molecule has 1 aromatic heterocycles. The van der Waals surface area contributed by atoms with Crippen LogP contribution in [0.15, 0.2) is 21.1 Å². The number of anilines is 1. The quantitative estimate of drug-likeness (QED) is 0.815. The standard InChI is InChI=1S/C15H16Br2N2O/c1-2-4-18-14-10-6-9(16)7-12(17)15(10)19-13-3-5-20-8-11(13)14/h6-7H,2-5,8H2,1H3,(H,18,19). The van der Waals surface area contributed by atoms with E-state index >= 15 is 0 Å². The van der Waals surface area contributed by atoms with Gasteiger partial charge in [-0.1, -0.05) is 22.9 Å². The fourth-order valence-corrected chi connectivity index (χ4v) is 3.85. The SMILES string of the molecule is CCCNc1c2c(nc3c(Br)cc(Br)cc13)CCOC2. The number of ether oxygens (including phenoxy) is 1. The molecule has 0 saturated heterocycles. The highest BCUT2D eigenvalue weighted by Crippen LogP contribution is 2.36. The van der Waals surface area contributed by atoms with Gasteiger partial charge < -0.3 is 10.1 Å². The van der Waals surface area contributed by atoms with Crippen LogP contribution >= 0.6 is 31.9 Å². The number of pyridine rings is 1. The molecule has 2 heterocycles. The lowest BCUT2D eigenvalue weighted by atomic mass is 10.0. The normalized spacial score (nSPS) is 14.3. The Morgan fingerprint density at radius 2 is 2.20 bits per heavy atom. The lowest BCUT2D eigenvalue weighted by molar-refractivity contribution is 0.110. The number of aromatic nitrogens is 1. The maximum Gasteiger partial charge on any atom is 0.0869 e. The fraction of sp³-hybridized carbons (Fsp3) is 0.400. The van der Waals surface area contributed by atoms with Crippen LogP contribution in [0, 0.1) is 0 Å². The van der Waals surface area contributed by atoms with Crippen LogP contribution in [-0.4, -0.2) is 18.1 Å². The Bertz CT molecular complexity index is 658. The number of nitrogens with zero attached hydrogens (tertiary/aromatic N) is 1. The van der Waals surface area contributed by atoms with Crippen molar-refractivity contribution in [2.24, 2.45) is 0 Å². The van der Waals surface area contributed by atoms with E-state index in [-0.39, 0.29) is 0 Å². The molecule has 3 rings (SSSR count). The topological polar surface area (TPSA) is 34.2 Å². The Balaban J connectivity index is 2.27. The van der Waals surface area contributed by atoms with Gasteiger partial charge in [-0.2, -0.15) is 0 Å². The first-order valence-electron chi connectivity index (χ1n) is 6.82. The Labute approximate surface area is 135 Å². The van der Waals surface area contributed by atoms with Gasteiger partial charge in [0.25, 0.3) is 0 Å². The lowest BCUT2D eigenvalue weighted by Crippen LogP contribution is -2.16. The molecule has 2 aromatic rings. The molecule has 0 fully saturated rings. The zero-order valence-electron chi connectivity index (χ0n) is 11.3. The number of benzene rings is 1. The molecule has 1 N–H and O–H groups in total. The number of hydrogen-bond donors (Lipinski definition) is 1. The molecule has 0 atom stereocenters. The van der Waals surface area contributed by atoms with Gasteiger partial charge in [0, 0.05) is 32.9 Å². The third-order valence-electron chi connectivity index (χ3n) is 3.48. The summed E-state index contributed by atoms with van der Waals surface area (Å²) in [5, 5.41) is 4.70. The first kappa shape index (κ1) is 14.3. The Morgan fingerprint density at radius 1 is 1.35 bits per heavy atom. The number of halogens is 2. The predicted octanol–water partition coefficient (Wildman–Crippen LogP) is 4.65. The van der Waals surface area contributed by atoms with Gasteiger partial charge in [0.1, 0.15) is 0 Å². The third-order valence-corrected chi connectivity index (χ3v) is 4.54. The van der Waals surface area contributed by atoms with E-state index in [1.54, 1.807) is 0 Å². The summed E-state index contributed by atoms with van der Waals surface area (Å²) in [5.74, 6) is 0. The van der Waals surface area contributed by atoms with Crippen molar-refractivity contribution in [2.45, 2.75) is 26.4 Å². The van der Waals surface area contributed by atoms with Crippen LogP contribution in [0.1, 0.15) is 24.6 Å². The van der Waals surface area contributed by atoms with Gasteiger partial charge in [-0.25, -0.2) is 0 Å². The molecule has 0 saturated carbocycles. The molecule has 1 aliphatic rings. The van der Waals surface area contributed by atoms with Crippen LogP contribution in [-0.2, 0) is 17.8 Å². The van der Waals surface area contributed by atoms with Crippen LogP contribution in [0.3, 0.4) is 0 Å². The first-order valence-corrected chi connectivity index (χ1v) is 8.41. The highest BCUT2D eigenvalue weighted by molar-refractivity contribution is 9.11. The minimum Gasteiger partial charge on any atom is -0.384 e. The van der Waals surface area contributed by atoms with Gasteiger partial charge >= 0.3 is 0 Å². The van der Waals surface area contributed by atoms with Crippen molar-refractivity contribution in [1.82, 2.24) is 4.98 Å². The van der Waals surface area contributed by atoms with Crippen molar-refractivity contribution in [3.63, 3.8) is 0 Å². The van der Waals surface area contributed by atoms with E-state index in [1.165, 1.54) is 11.3 Å². The maximum absolute atomic E-state index is 5.62. The molecule has 0 radical (unpaired) electrons. The van der Waals surface area contributed by atoms with E-state index < -0.39 is 0 Å². The van der Waals surface area contributed by atoms with E-state index in [0.29, 0.717) is 6.61 Å². The van der Waals surface area contributed by atoms with Crippen LogP contribution < -0.4 is 5.32 Å². The number of rotatable bonds is 3. The molecule has 106 valence electrons. The third kappa shape index (κ3) is 2.59.